The average molecular weight is 402 g/mol. The van der Waals surface area contributed by atoms with Gasteiger partial charge in [-0.3, -0.25) is 4.79 Å². The number of hydrogen-bond acceptors (Lipinski definition) is 3. The Morgan fingerprint density at radius 1 is 1.04 bits per heavy atom. The molecule has 0 aliphatic carbocycles. The van der Waals surface area contributed by atoms with E-state index in [-0.39, 0.29) is 5.56 Å². The first-order valence-corrected chi connectivity index (χ1v) is 9.36. The third-order valence-electron chi connectivity index (χ3n) is 3.98. The first-order valence-electron chi connectivity index (χ1n) is 8.24. The van der Waals surface area contributed by atoms with Crippen molar-refractivity contribution in [1.82, 2.24) is 4.57 Å². The van der Waals surface area contributed by atoms with Crippen LogP contribution >= 0.6 is 15.9 Å². The van der Waals surface area contributed by atoms with Crippen LogP contribution in [0.25, 0.3) is 0 Å². The monoisotopic (exact) mass is 401 g/mol. The van der Waals surface area contributed by atoms with Gasteiger partial charge in [0.2, 0.25) is 0 Å². The van der Waals surface area contributed by atoms with Gasteiger partial charge < -0.3 is 13.7 Å². The van der Waals surface area contributed by atoms with Crippen LogP contribution in [0.15, 0.2) is 70.2 Å². The van der Waals surface area contributed by atoms with Crippen molar-refractivity contribution < 1.29 is 9.15 Å². The molecule has 5 heteroatoms. The number of hydrogen-bond donors (Lipinski definition) is 0. The van der Waals surface area contributed by atoms with Crippen LogP contribution in [0.1, 0.15) is 16.9 Å². The lowest BCUT2D eigenvalue weighted by Crippen LogP contribution is -2.19. The molecule has 4 nitrogen and oxygen atoms in total. The summed E-state index contributed by atoms with van der Waals surface area (Å²) in [6.07, 6.45) is 5.22. The first kappa shape index (κ1) is 17.5. The number of pyridine rings is 1. The highest BCUT2D eigenvalue weighted by Crippen LogP contribution is 2.11. The maximum atomic E-state index is 12.2. The normalized spacial score (nSPS) is 10.8. The van der Waals surface area contributed by atoms with Gasteiger partial charge in [0.05, 0.1) is 6.26 Å². The zero-order valence-corrected chi connectivity index (χ0v) is 15.4. The van der Waals surface area contributed by atoms with Gasteiger partial charge in [0.1, 0.15) is 18.1 Å². The second-order valence-corrected chi connectivity index (χ2v) is 6.56. The minimum absolute atomic E-state index is 0.0622. The summed E-state index contributed by atoms with van der Waals surface area (Å²) in [7, 11) is 0. The molecule has 0 N–H and O–H groups in total. The van der Waals surface area contributed by atoms with Gasteiger partial charge in [0.25, 0.3) is 5.56 Å². The number of ether oxygens (including phenoxy) is 1. The summed E-state index contributed by atoms with van der Waals surface area (Å²) in [6, 6.07) is 15.5. The van der Waals surface area contributed by atoms with Crippen LogP contribution in [0.2, 0.25) is 0 Å². The summed E-state index contributed by atoms with van der Waals surface area (Å²) in [5.41, 5.74) is 2.48. The standard InChI is InChI=1S/C20H20BrNO3/c21-10-7-16-3-5-17(6-4-16)8-11-22-12-9-18(14-20(22)23)25-15-19-2-1-13-24-19/h1-6,9,12-14H,7-8,10-11,15H2. The predicted molar refractivity (Wildman–Crippen MR) is 101 cm³/mol. The van der Waals surface area contributed by atoms with Crippen molar-refractivity contribution in [3.63, 3.8) is 0 Å². The minimum atomic E-state index is -0.0622. The number of nitrogens with zero attached hydrogens (tertiary/aromatic N) is 1. The van der Waals surface area contributed by atoms with Crippen molar-refractivity contribution >= 4 is 15.9 Å². The van der Waals surface area contributed by atoms with Gasteiger partial charge in [0, 0.05) is 24.1 Å². The first-order chi connectivity index (χ1) is 12.2. The Labute approximate surface area is 155 Å². The van der Waals surface area contributed by atoms with E-state index in [1.54, 1.807) is 17.0 Å². The lowest BCUT2D eigenvalue weighted by molar-refractivity contribution is 0.269. The molecule has 0 aliphatic heterocycles. The van der Waals surface area contributed by atoms with Gasteiger partial charge in [-0.25, -0.2) is 0 Å². The Bertz CT molecular complexity index is 838. The number of alkyl halides is 1. The fraction of sp³-hybridized carbons (Fsp3) is 0.250. The molecule has 0 saturated heterocycles. The van der Waals surface area contributed by atoms with Crippen molar-refractivity contribution in [3.05, 3.63) is 88.2 Å². The van der Waals surface area contributed by atoms with Crippen molar-refractivity contribution in [2.75, 3.05) is 5.33 Å². The molecule has 0 spiro atoms. The number of benzene rings is 1. The summed E-state index contributed by atoms with van der Waals surface area (Å²) >= 11 is 3.45. The molecule has 0 fully saturated rings. The van der Waals surface area contributed by atoms with Gasteiger partial charge in [0.15, 0.2) is 0 Å². The molecule has 0 saturated carbocycles. The topological polar surface area (TPSA) is 44.4 Å². The molecule has 3 aromatic rings. The Morgan fingerprint density at radius 3 is 2.44 bits per heavy atom. The molecular weight excluding hydrogens is 382 g/mol. The maximum Gasteiger partial charge on any atom is 0.254 e. The molecule has 0 radical (unpaired) electrons. The Hall–Kier alpha value is -2.27. The van der Waals surface area contributed by atoms with Crippen LogP contribution in [0.4, 0.5) is 0 Å². The highest BCUT2D eigenvalue weighted by molar-refractivity contribution is 9.09. The van der Waals surface area contributed by atoms with E-state index >= 15 is 0 Å². The summed E-state index contributed by atoms with van der Waals surface area (Å²) < 4.78 is 12.5. The molecule has 0 unspecified atom stereocenters. The predicted octanol–water partition coefficient (Wildman–Crippen LogP) is 4.20. The van der Waals surface area contributed by atoms with E-state index in [4.69, 9.17) is 9.15 Å². The number of halogens is 1. The van der Waals surface area contributed by atoms with E-state index in [9.17, 15) is 4.79 Å². The molecule has 2 heterocycles. The van der Waals surface area contributed by atoms with Crippen LogP contribution in [0, 0.1) is 0 Å². The molecule has 25 heavy (non-hydrogen) atoms. The fourth-order valence-electron chi connectivity index (χ4n) is 2.54. The zero-order valence-electron chi connectivity index (χ0n) is 13.9. The van der Waals surface area contributed by atoms with Crippen molar-refractivity contribution in [2.24, 2.45) is 0 Å². The third-order valence-corrected chi connectivity index (χ3v) is 4.37. The van der Waals surface area contributed by atoms with Crippen LogP contribution < -0.4 is 10.3 Å². The SMILES string of the molecule is O=c1cc(OCc2ccco2)ccn1CCc1ccc(CCBr)cc1. The Balaban J connectivity index is 1.56. The molecular formula is C20H20BrNO3. The van der Waals surface area contributed by atoms with E-state index in [2.05, 4.69) is 40.2 Å². The molecule has 3 rings (SSSR count). The smallest absolute Gasteiger partial charge is 0.254 e. The van der Waals surface area contributed by atoms with E-state index in [1.165, 1.54) is 17.2 Å². The largest absolute Gasteiger partial charge is 0.485 e. The maximum absolute atomic E-state index is 12.2. The van der Waals surface area contributed by atoms with Crippen LogP contribution in [-0.2, 0) is 26.0 Å². The second-order valence-electron chi connectivity index (χ2n) is 5.77. The van der Waals surface area contributed by atoms with Crippen molar-refractivity contribution in [3.8, 4) is 5.75 Å². The Morgan fingerprint density at radius 2 is 1.80 bits per heavy atom. The second kappa shape index (κ2) is 8.72. The molecule has 0 bridgehead atoms. The lowest BCUT2D eigenvalue weighted by Gasteiger charge is -2.09. The number of aryl methyl sites for hydroxylation is 3. The summed E-state index contributed by atoms with van der Waals surface area (Å²) in [5.74, 6) is 1.28. The third kappa shape index (κ3) is 5.10. The van der Waals surface area contributed by atoms with E-state index < -0.39 is 0 Å². The van der Waals surface area contributed by atoms with Crippen LogP contribution in [0.3, 0.4) is 0 Å². The van der Waals surface area contributed by atoms with E-state index in [0.717, 1.165) is 23.9 Å². The number of furan rings is 1. The number of aromatic nitrogens is 1. The molecule has 2 aromatic heterocycles. The van der Waals surface area contributed by atoms with Gasteiger partial charge in [-0.1, -0.05) is 40.2 Å². The number of rotatable bonds is 8. The average Bonchev–Trinajstić information content (AvgIpc) is 3.14. The van der Waals surface area contributed by atoms with Gasteiger partial charge in [-0.2, -0.15) is 0 Å². The summed E-state index contributed by atoms with van der Waals surface area (Å²) in [6.45, 7) is 0.965. The van der Waals surface area contributed by atoms with Gasteiger partial charge >= 0.3 is 0 Å². The van der Waals surface area contributed by atoms with Crippen LogP contribution in [-0.4, -0.2) is 9.90 Å². The zero-order chi connectivity index (χ0) is 17.5. The van der Waals surface area contributed by atoms with Gasteiger partial charge in [-0.15, -0.1) is 0 Å². The molecule has 130 valence electrons. The highest BCUT2D eigenvalue weighted by atomic mass is 79.9. The van der Waals surface area contributed by atoms with Gasteiger partial charge in [-0.05, 0) is 42.2 Å². The fourth-order valence-corrected chi connectivity index (χ4v) is 3.00. The van der Waals surface area contributed by atoms with Crippen molar-refractivity contribution in [1.29, 1.82) is 0 Å². The summed E-state index contributed by atoms with van der Waals surface area (Å²) in [5, 5.41) is 0.968. The molecule has 0 amide bonds. The van der Waals surface area contributed by atoms with Crippen LogP contribution in [0.5, 0.6) is 5.75 Å². The Kier molecular flexibility index (Phi) is 6.12. The van der Waals surface area contributed by atoms with Crippen molar-refractivity contribution in [2.45, 2.75) is 26.0 Å². The highest BCUT2D eigenvalue weighted by Gasteiger charge is 2.03. The molecule has 0 atom stereocenters. The minimum Gasteiger partial charge on any atom is -0.485 e. The quantitative estimate of drug-likeness (QED) is 0.531. The molecule has 1 aromatic carbocycles. The summed E-state index contributed by atoms with van der Waals surface area (Å²) in [4.78, 5) is 12.2. The van der Waals surface area contributed by atoms with E-state index in [0.29, 0.717) is 18.9 Å². The molecule has 0 aliphatic rings. The lowest BCUT2D eigenvalue weighted by atomic mass is 10.1. The van der Waals surface area contributed by atoms with E-state index in [1.807, 2.05) is 18.2 Å².